The van der Waals surface area contributed by atoms with E-state index in [1.165, 1.54) is 0 Å². The molecule has 1 atom stereocenters. The van der Waals surface area contributed by atoms with Gasteiger partial charge in [0.25, 0.3) is 5.91 Å². The molecule has 0 saturated carbocycles. The fourth-order valence-corrected chi connectivity index (χ4v) is 2.32. The molecule has 1 aliphatic heterocycles. The predicted molar refractivity (Wildman–Crippen MR) is 85.8 cm³/mol. The number of hydrogen-bond acceptors (Lipinski definition) is 4. The van der Waals surface area contributed by atoms with Crippen molar-refractivity contribution in [1.82, 2.24) is 14.8 Å². The molecule has 1 aromatic heterocycles. The molecule has 0 N–H and O–H groups in total. The minimum absolute atomic E-state index is 0.0248. The van der Waals surface area contributed by atoms with Crippen LogP contribution in [0.4, 0.5) is 0 Å². The Kier molecular flexibility index (Phi) is 5.79. The maximum absolute atomic E-state index is 12.6. The fraction of sp³-hybridized carbons (Fsp3) is 0.529. The van der Waals surface area contributed by atoms with E-state index in [0.717, 1.165) is 19.5 Å². The van der Waals surface area contributed by atoms with E-state index in [1.807, 2.05) is 11.8 Å². The lowest BCUT2D eigenvalue weighted by atomic mass is 10.2. The third-order valence-corrected chi connectivity index (χ3v) is 3.85. The van der Waals surface area contributed by atoms with Crippen LogP contribution < -0.4 is 4.74 Å². The van der Waals surface area contributed by atoms with E-state index in [4.69, 9.17) is 11.2 Å². The van der Waals surface area contributed by atoms with Gasteiger partial charge in [0.2, 0.25) is 5.88 Å². The van der Waals surface area contributed by atoms with Gasteiger partial charge in [-0.1, -0.05) is 12.8 Å². The van der Waals surface area contributed by atoms with Gasteiger partial charge in [-0.3, -0.25) is 9.69 Å². The Bertz CT molecular complexity index is 545. The summed E-state index contributed by atoms with van der Waals surface area (Å²) >= 11 is 0. The minimum Gasteiger partial charge on any atom is -0.475 e. The lowest BCUT2D eigenvalue weighted by Gasteiger charge is -2.33. The molecule has 0 bridgehead atoms. The maximum atomic E-state index is 12.6. The number of rotatable bonds is 5. The van der Waals surface area contributed by atoms with Crippen LogP contribution in [0.15, 0.2) is 18.3 Å². The van der Waals surface area contributed by atoms with Gasteiger partial charge in [0.1, 0.15) is 0 Å². The molecular formula is C17H23N3O2. The number of piperazine rings is 1. The quantitative estimate of drug-likeness (QED) is 0.776. The van der Waals surface area contributed by atoms with Crippen LogP contribution in [0.2, 0.25) is 0 Å². The Hall–Kier alpha value is -2.06. The number of carbonyl (C=O) groups excluding carboxylic acids is 1. The van der Waals surface area contributed by atoms with Crippen molar-refractivity contribution in [3.05, 3.63) is 23.9 Å². The molecule has 1 aromatic rings. The number of terminal acetylenes is 1. The smallest absolute Gasteiger partial charge is 0.254 e. The highest BCUT2D eigenvalue weighted by atomic mass is 16.5. The second-order valence-corrected chi connectivity index (χ2v) is 5.49. The Morgan fingerprint density at radius 2 is 2.18 bits per heavy atom. The van der Waals surface area contributed by atoms with E-state index in [2.05, 4.69) is 22.7 Å². The number of pyridine rings is 1. The first-order valence-electron chi connectivity index (χ1n) is 7.71. The summed E-state index contributed by atoms with van der Waals surface area (Å²) in [4.78, 5) is 20.8. The molecule has 118 valence electrons. The summed E-state index contributed by atoms with van der Waals surface area (Å²) in [7, 11) is 0. The first kappa shape index (κ1) is 16.3. The first-order chi connectivity index (χ1) is 10.6. The molecule has 1 amide bonds. The molecular weight excluding hydrogens is 278 g/mol. The van der Waals surface area contributed by atoms with E-state index in [1.54, 1.807) is 18.3 Å². The van der Waals surface area contributed by atoms with Crippen molar-refractivity contribution in [2.45, 2.75) is 26.4 Å². The summed E-state index contributed by atoms with van der Waals surface area (Å²) < 4.78 is 5.68. The highest BCUT2D eigenvalue weighted by molar-refractivity contribution is 5.94. The molecule has 22 heavy (non-hydrogen) atoms. The van der Waals surface area contributed by atoms with Crippen LogP contribution in [0.3, 0.4) is 0 Å². The SMILES string of the molecule is C#CCN1CCN(C(=O)c2ccnc(O[C@H](C)CC)c2)CC1. The molecule has 1 saturated heterocycles. The molecule has 0 radical (unpaired) electrons. The molecule has 0 aliphatic carbocycles. The van der Waals surface area contributed by atoms with E-state index in [9.17, 15) is 4.79 Å². The van der Waals surface area contributed by atoms with Gasteiger partial charge >= 0.3 is 0 Å². The van der Waals surface area contributed by atoms with Crippen LogP contribution in [0, 0.1) is 12.3 Å². The van der Waals surface area contributed by atoms with Gasteiger partial charge in [-0.25, -0.2) is 4.98 Å². The Balaban J connectivity index is 1.98. The number of amides is 1. The van der Waals surface area contributed by atoms with Gasteiger partial charge < -0.3 is 9.64 Å². The lowest BCUT2D eigenvalue weighted by molar-refractivity contribution is 0.0651. The third-order valence-electron chi connectivity index (χ3n) is 3.85. The van der Waals surface area contributed by atoms with E-state index in [0.29, 0.717) is 31.1 Å². The molecule has 1 aliphatic rings. The van der Waals surface area contributed by atoms with Crippen molar-refractivity contribution in [2.75, 3.05) is 32.7 Å². The number of carbonyl (C=O) groups is 1. The standard InChI is InChI=1S/C17H23N3O2/c1-4-8-19-9-11-20(12-10-19)17(21)15-6-7-18-16(13-15)22-14(3)5-2/h1,6-7,13-14H,5,8-12H2,2-3H3/t14-/m1/s1. The molecule has 5 nitrogen and oxygen atoms in total. The van der Waals surface area contributed by atoms with Crippen molar-refractivity contribution < 1.29 is 9.53 Å². The average Bonchev–Trinajstić information content (AvgIpc) is 2.55. The van der Waals surface area contributed by atoms with Crippen LogP contribution in [-0.2, 0) is 0 Å². The average molecular weight is 301 g/mol. The zero-order valence-electron chi connectivity index (χ0n) is 13.3. The van der Waals surface area contributed by atoms with Crippen molar-refractivity contribution in [3.63, 3.8) is 0 Å². The minimum atomic E-state index is 0.0248. The Morgan fingerprint density at radius 1 is 1.45 bits per heavy atom. The van der Waals surface area contributed by atoms with Gasteiger partial charge in [0, 0.05) is 44.0 Å². The molecule has 5 heteroatoms. The lowest BCUT2D eigenvalue weighted by Crippen LogP contribution is -2.48. The van der Waals surface area contributed by atoms with Crippen molar-refractivity contribution in [1.29, 1.82) is 0 Å². The Morgan fingerprint density at radius 3 is 2.82 bits per heavy atom. The van der Waals surface area contributed by atoms with Crippen molar-refractivity contribution in [2.24, 2.45) is 0 Å². The van der Waals surface area contributed by atoms with E-state index < -0.39 is 0 Å². The van der Waals surface area contributed by atoms with Gasteiger partial charge in [0.15, 0.2) is 0 Å². The summed E-state index contributed by atoms with van der Waals surface area (Å²) in [5, 5.41) is 0. The second kappa shape index (κ2) is 7.81. The summed E-state index contributed by atoms with van der Waals surface area (Å²) in [5.41, 5.74) is 0.624. The van der Waals surface area contributed by atoms with Gasteiger partial charge in [0.05, 0.1) is 12.6 Å². The highest BCUT2D eigenvalue weighted by Crippen LogP contribution is 2.15. The number of ether oxygens (including phenoxy) is 1. The first-order valence-corrected chi connectivity index (χ1v) is 7.71. The molecule has 1 fully saturated rings. The van der Waals surface area contributed by atoms with E-state index in [-0.39, 0.29) is 12.0 Å². The third kappa shape index (κ3) is 4.22. The zero-order valence-corrected chi connectivity index (χ0v) is 13.3. The fourth-order valence-electron chi connectivity index (χ4n) is 2.32. The van der Waals surface area contributed by atoms with E-state index >= 15 is 0 Å². The highest BCUT2D eigenvalue weighted by Gasteiger charge is 2.22. The van der Waals surface area contributed by atoms with Gasteiger partial charge in [-0.05, 0) is 19.4 Å². The molecule has 2 rings (SSSR count). The predicted octanol–water partition coefficient (Wildman–Crippen LogP) is 1.65. The summed E-state index contributed by atoms with van der Waals surface area (Å²) in [6.07, 6.45) is 7.93. The molecule has 0 aromatic carbocycles. The Labute approximate surface area is 132 Å². The van der Waals surface area contributed by atoms with Crippen LogP contribution in [0.25, 0.3) is 0 Å². The summed E-state index contributed by atoms with van der Waals surface area (Å²) in [5.74, 6) is 3.17. The summed E-state index contributed by atoms with van der Waals surface area (Å²) in [6.45, 7) is 7.71. The van der Waals surface area contributed by atoms with Crippen molar-refractivity contribution in [3.8, 4) is 18.2 Å². The molecule has 2 heterocycles. The number of aromatic nitrogens is 1. The van der Waals surface area contributed by atoms with Crippen molar-refractivity contribution >= 4 is 5.91 Å². The van der Waals surface area contributed by atoms with Crippen LogP contribution in [-0.4, -0.2) is 59.5 Å². The maximum Gasteiger partial charge on any atom is 0.254 e. The summed E-state index contributed by atoms with van der Waals surface area (Å²) in [6, 6.07) is 3.46. The molecule has 0 spiro atoms. The number of nitrogens with zero attached hydrogens (tertiary/aromatic N) is 3. The van der Waals surface area contributed by atoms with Crippen LogP contribution in [0.1, 0.15) is 30.6 Å². The second-order valence-electron chi connectivity index (χ2n) is 5.49. The largest absolute Gasteiger partial charge is 0.475 e. The van der Waals surface area contributed by atoms with Crippen LogP contribution >= 0.6 is 0 Å². The van der Waals surface area contributed by atoms with Gasteiger partial charge in [-0.15, -0.1) is 6.42 Å². The monoisotopic (exact) mass is 301 g/mol. The molecule has 0 unspecified atom stereocenters. The number of hydrogen-bond donors (Lipinski definition) is 0. The van der Waals surface area contributed by atoms with Crippen LogP contribution in [0.5, 0.6) is 5.88 Å². The normalized spacial score (nSPS) is 16.9. The topological polar surface area (TPSA) is 45.7 Å². The van der Waals surface area contributed by atoms with Gasteiger partial charge in [-0.2, -0.15) is 0 Å². The zero-order chi connectivity index (χ0) is 15.9.